The highest BCUT2D eigenvalue weighted by Gasteiger charge is 2.19. The van der Waals surface area contributed by atoms with Crippen LogP contribution < -0.4 is 14.8 Å². The first-order valence-corrected chi connectivity index (χ1v) is 8.51. The van der Waals surface area contributed by atoms with Gasteiger partial charge >= 0.3 is 5.69 Å². The Kier molecular flexibility index (Phi) is 7.23. The lowest BCUT2D eigenvalue weighted by molar-refractivity contribution is -0.385. The third kappa shape index (κ3) is 5.63. The summed E-state index contributed by atoms with van der Waals surface area (Å²) >= 11 is 0. The van der Waals surface area contributed by atoms with Crippen LogP contribution >= 0.6 is 0 Å². The van der Waals surface area contributed by atoms with Gasteiger partial charge in [0.1, 0.15) is 12.4 Å². The van der Waals surface area contributed by atoms with Gasteiger partial charge in [-0.15, -0.1) is 0 Å². The smallest absolute Gasteiger partial charge is 0.313 e. The SMILES string of the molecule is CCOc1ccc(CNc2cccc([N+](=O)[O-])c2OCCN(C)C)cc1. The molecule has 2 aromatic rings. The number of hydrogen-bond acceptors (Lipinski definition) is 6. The van der Waals surface area contributed by atoms with Gasteiger partial charge in [-0.25, -0.2) is 0 Å². The average molecular weight is 359 g/mol. The summed E-state index contributed by atoms with van der Waals surface area (Å²) < 4.78 is 11.1. The van der Waals surface area contributed by atoms with Gasteiger partial charge in [0.15, 0.2) is 0 Å². The van der Waals surface area contributed by atoms with Crippen molar-refractivity contribution in [2.75, 3.05) is 39.2 Å². The largest absolute Gasteiger partial charge is 0.494 e. The molecule has 0 heterocycles. The number of likely N-dealkylation sites (N-methyl/N-ethyl adjacent to an activating group) is 1. The Morgan fingerprint density at radius 1 is 1.12 bits per heavy atom. The van der Waals surface area contributed by atoms with Crippen molar-refractivity contribution in [3.05, 3.63) is 58.1 Å². The molecule has 0 saturated heterocycles. The average Bonchev–Trinajstić information content (AvgIpc) is 2.61. The van der Waals surface area contributed by atoms with E-state index in [1.165, 1.54) is 6.07 Å². The number of nitrogens with one attached hydrogen (secondary N) is 1. The molecule has 2 rings (SSSR count). The first-order chi connectivity index (χ1) is 12.5. The second-order valence-electron chi connectivity index (χ2n) is 5.99. The summed E-state index contributed by atoms with van der Waals surface area (Å²) in [6.45, 7) is 4.13. The molecule has 0 unspecified atom stereocenters. The Hall–Kier alpha value is -2.80. The molecule has 0 amide bonds. The first-order valence-electron chi connectivity index (χ1n) is 8.51. The number of rotatable bonds is 10. The van der Waals surface area contributed by atoms with Gasteiger partial charge in [0.2, 0.25) is 5.75 Å². The number of anilines is 1. The molecular formula is C19H25N3O4. The maximum Gasteiger partial charge on any atom is 0.313 e. The van der Waals surface area contributed by atoms with E-state index >= 15 is 0 Å². The normalized spacial score (nSPS) is 10.6. The molecule has 140 valence electrons. The van der Waals surface area contributed by atoms with Gasteiger partial charge in [0, 0.05) is 19.2 Å². The Balaban J connectivity index is 2.11. The number of nitrogens with zero attached hydrogens (tertiary/aromatic N) is 2. The molecule has 2 aromatic carbocycles. The molecule has 0 aliphatic carbocycles. The Bertz CT molecular complexity index is 717. The van der Waals surface area contributed by atoms with Crippen molar-refractivity contribution < 1.29 is 14.4 Å². The van der Waals surface area contributed by atoms with Crippen LogP contribution in [0.2, 0.25) is 0 Å². The third-order valence-electron chi connectivity index (χ3n) is 3.69. The van der Waals surface area contributed by atoms with Gasteiger partial charge in [0.25, 0.3) is 0 Å². The van der Waals surface area contributed by atoms with E-state index in [9.17, 15) is 10.1 Å². The highest BCUT2D eigenvalue weighted by Crippen LogP contribution is 2.35. The quantitative estimate of drug-likeness (QED) is 0.516. The molecular weight excluding hydrogens is 334 g/mol. The zero-order valence-corrected chi connectivity index (χ0v) is 15.4. The molecule has 0 atom stereocenters. The summed E-state index contributed by atoms with van der Waals surface area (Å²) in [6.07, 6.45) is 0. The fourth-order valence-corrected chi connectivity index (χ4v) is 2.36. The Labute approximate surface area is 153 Å². The summed E-state index contributed by atoms with van der Waals surface area (Å²) in [6, 6.07) is 12.6. The van der Waals surface area contributed by atoms with Crippen LogP contribution in [0.25, 0.3) is 0 Å². The van der Waals surface area contributed by atoms with Gasteiger partial charge in [-0.2, -0.15) is 0 Å². The predicted octanol–water partition coefficient (Wildman–Crippen LogP) is 3.55. The lowest BCUT2D eigenvalue weighted by Crippen LogP contribution is -2.20. The summed E-state index contributed by atoms with van der Waals surface area (Å²) in [5.74, 6) is 1.09. The predicted molar refractivity (Wildman–Crippen MR) is 102 cm³/mol. The second-order valence-corrected chi connectivity index (χ2v) is 5.99. The molecule has 0 aliphatic heterocycles. The summed E-state index contributed by atoms with van der Waals surface area (Å²) in [5, 5.41) is 14.5. The number of para-hydroxylation sites is 1. The molecule has 1 N–H and O–H groups in total. The highest BCUT2D eigenvalue weighted by molar-refractivity contribution is 5.66. The molecule has 0 spiro atoms. The number of hydrogen-bond donors (Lipinski definition) is 1. The van der Waals surface area contributed by atoms with Crippen molar-refractivity contribution in [2.24, 2.45) is 0 Å². The van der Waals surface area contributed by atoms with Gasteiger partial charge < -0.3 is 19.7 Å². The van der Waals surface area contributed by atoms with Crippen LogP contribution in [0.4, 0.5) is 11.4 Å². The zero-order valence-electron chi connectivity index (χ0n) is 15.4. The Morgan fingerprint density at radius 3 is 2.46 bits per heavy atom. The van der Waals surface area contributed by atoms with E-state index in [2.05, 4.69) is 5.32 Å². The summed E-state index contributed by atoms with van der Waals surface area (Å²) in [4.78, 5) is 12.9. The number of nitro groups is 1. The maximum atomic E-state index is 11.3. The van der Waals surface area contributed by atoms with E-state index < -0.39 is 4.92 Å². The van der Waals surface area contributed by atoms with Crippen molar-refractivity contribution in [2.45, 2.75) is 13.5 Å². The zero-order chi connectivity index (χ0) is 18.9. The molecule has 0 bridgehead atoms. The van der Waals surface area contributed by atoms with Crippen LogP contribution in [0.15, 0.2) is 42.5 Å². The Morgan fingerprint density at radius 2 is 1.85 bits per heavy atom. The maximum absolute atomic E-state index is 11.3. The third-order valence-corrected chi connectivity index (χ3v) is 3.69. The minimum Gasteiger partial charge on any atom is -0.494 e. The van der Waals surface area contributed by atoms with Gasteiger partial charge in [-0.05, 0) is 44.8 Å². The van der Waals surface area contributed by atoms with Gasteiger partial charge in [-0.3, -0.25) is 10.1 Å². The fourth-order valence-electron chi connectivity index (χ4n) is 2.36. The van der Waals surface area contributed by atoms with Crippen LogP contribution in [0.3, 0.4) is 0 Å². The van der Waals surface area contributed by atoms with Crippen molar-refractivity contribution in [1.82, 2.24) is 4.90 Å². The standard InChI is InChI=1S/C19H25N3O4/c1-4-25-16-10-8-15(9-11-16)14-20-17-6-5-7-18(22(23)24)19(17)26-13-12-21(2)3/h5-11,20H,4,12-14H2,1-3H3. The van der Waals surface area contributed by atoms with Gasteiger partial charge in [0.05, 0.1) is 17.2 Å². The molecule has 0 radical (unpaired) electrons. The second kappa shape index (κ2) is 9.62. The molecule has 26 heavy (non-hydrogen) atoms. The number of ether oxygens (including phenoxy) is 2. The molecule has 0 fully saturated rings. The lowest BCUT2D eigenvalue weighted by atomic mass is 10.2. The van der Waals surface area contributed by atoms with Crippen molar-refractivity contribution in [3.8, 4) is 11.5 Å². The minimum atomic E-state index is -0.424. The molecule has 0 aromatic heterocycles. The molecule has 0 aliphatic rings. The minimum absolute atomic E-state index is 0.0413. The van der Waals surface area contributed by atoms with Gasteiger partial charge in [-0.1, -0.05) is 18.2 Å². The number of benzene rings is 2. The van der Waals surface area contributed by atoms with Crippen LogP contribution in [-0.4, -0.2) is 43.7 Å². The monoisotopic (exact) mass is 359 g/mol. The van der Waals surface area contributed by atoms with Crippen LogP contribution in [0.1, 0.15) is 12.5 Å². The van der Waals surface area contributed by atoms with Crippen LogP contribution in [0.5, 0.6) is 11.5 Å². The van der Waals surface area contributed by atoms with E-state index in [4.69, 9.17) is 9.47 Å². The van der Waals surface area contributed by atoms with Crippen molar-refractivity contribution in [1.29, 1.82) is 0 Å². The lowest BCUT2D eigenvalue weighted by Gasteiger charge is -2.15. The molecule has 7 heteroatoms. The summed E-state index contributed by atoms with van der Waals surface area (Å²) in [7, 11) is 3.85. The van der Waals surface area contributed by atoms with Crippen molar-refractivity contribution in [3.63, 3.8) is 0 Å². The van der Waals surface area contributed by atoms with Crippen LogP contribution in [0, 0.1) is 10.1 Å². The van der Waals surface area contributed by atoms with E-state index in [0.717, 1.165) is 11.3 Å². The van der Waals surface area contributed by atoms with Crippen molar-refractivity contribution >= 4 is 11.4 Å². The fraction of sp³-hybridized carbons (Fsp3) is 0.368. The topological polar surface area (TPSA) is 76.9 Å². The molecule has 0 saturated carbocycles. The van der Waals surface area contributed by atoms with E-state index in [1.807, 2.05) is 50.2 Å². The first kappa shape index (κ1) is 19.5. The summed E-state index contributed by atoms with van der Waals surface area (Å²) in [5.41, 5.74) is 1.60. The van der Waals surface area contributed by atoms with E-state index in [1.54, 1.807) is 12.1 Å². The van der Waals surface area contributed by atoms with Crippen LogP contribution in [-0.2, 0) is 6.54 Å². The molecule has 7 nitrogen and oxygen atoms in total. The number of nitro benzene ring substituents is 1. The van der Waals surface area contributed by atoms with E-state index in [-0.39, 0.29) is 11.4 Å². The highest BCUT2D eigenvalue weighted by atomic mass is 16.6. The van der Waals surface area contributed by atoms with E-state index in [0.29, 0.717) is 32.0 Å².